The first kappa shape index (κ1) is 10.6. The molecule has 0 saturated heterocycles. The fourth-order valence-electron chi connectivity index (χ4n) is 1.93. The lowest BCUT2D eigenvalue weighted by atomic mass is 10.2. The fraction of sp³-hybridized carbons (Fsp3) is 0.455. The van der Waals surface area contributed by atoms with Gasteiger partial charge >= 0.3 is 0 Å². The molecule has 0 atom stereocenters. The third kappa shape index (κ3) is 2.26. The first-order valence-corrected chi connectivity index (χ1v) is 6.59. The molecule has 3 rings (SSSR count). The lowest BCUT2D eigenvalue weighted by molar-refractivity contribution is 0.927. The van der Waals surface area contributed by atoms with Crippen LogP contribution in [0, 0.1) is 0 Å². The molecule has 2 heterocycles. The summed E-state index contributed by atoms with van der Waals surface area (Å²) in [6.07, 6.45) is 6.99. The van der Waals surface area contributed by atoms with Crippen molar-refractivity contribution in [3.8, 4) is 0 Å². The molecule has 5 nitrogen and oxygen atoms in total. The summed E-state index contributed by atoms with van der Waals surface area (Å²) in [5.74, 6) is 2.35. The van der Waals surface area contributed by atoms with Gasteiger partial charge in [-0.15, -0.1) is 0 Å². The molecule has 1 saturated carbocycles. The Labute approximate surface area is 104 Å². The summed E-state index contributed by atoms with van der Waals surface area (Å²) in [5.41, 5.74) is 7.12. The third-order valence-electron chi connectivity index (χ3n) is 2.94. The van der Waals surface area contributed by atoms with Crippen molar-refractivity contribution < 1.29 is 0 Å². The number of nitrogens with one attached hydrogen (secondary N) is 2. The Morgan fingerprint density at radius 2 is 2.41 bits per heavy atom. The van der Waals surface area contributed by atoms with Crippen LogP contribution in [0.3, 0.4) is 0 Å². The van der Waals surface area contributed by atoms with E-state index in [1.165, 1.54) is 29.9 Å². The van der Waals surface area contributed by atoms with Gasteiger partial charge in [-0.25, -0.2) is 4.98 Å². The van der Waals surface area contributed by atoms with Gasteiger partial charge in [0.1, 0.15) is 16.6 Å². The number of aromatic nitrogens is 3. The van der Waals surface area contributed by atoms with Gasteiger partial charge in [-0.3, -0.25) is 0 Å². The van der Waals surface area contributed by atoms with E-state index in [1.807, 2.05) is 6.20 Å². The second-order valence-electron chi connectivity index (χ2n) is 4.30. The average molecular weight is 249 g/mol. The maximum absolute atomic E-state index is 5.89. The van der Waals surface area contributed by atoms with Crippen LogP contribution in [0.15, 0.2) is 12.4 Å². The Morgan fingerprint density at radius 3 is 3.12 bits per heavy atom. The summed E-state index contributed by atoms with van der Waals surface area (Å²) < 4.78 is 4.23. The monoisotopic (exact) mass is 249 g/mol. The molecule has 1 aliphatic carbocycles. The molecular weight excluding hydrogens is 234 g/mol. The van der Waals surface area contributed by atoms with Gasteiger partial charge in [0.2, 0.25) is 0 Å². The van der Waals surface area contributed by atoms with E-state index in [0.29, 0.717) is 11.7 Å². The molecule has 90 valence electrons. The van der Waals surface area contributed by atoms with E-state index in [1.54, 1.807) is 6.20 Å². The van der Waals surface area contributed by atoms with E-state index in [-0.39, 0.29) is 0 Å². The van der Waals surface area contributed by atoms with Crippen molar-refractivity contribution in [1.29, 1.82) is 0 Å². The fourth-order valence-corrected chi connectivity index (χ4v) is 2.76. The Morgan fingerprint density at radius 1 is 1.53 bits per heavy atom. The average Bonchev–Trinajstić information content (AvgIpc) is 2.88. The minimum Gasteiger partial charge on any atom is -0.383 e. The standard InChI is InChI=1S/C11H15N5S/c12-10-9(7-1-2-7)11(17-16-10)15-4-3-8-13-5-6-14-8/h5-7,15H,1-4H2,(H2,12,16)(H,13,14). The highest BCUT2D eigenvalue weighted by Crippen LogP contribution is 2.47. The summed E-state index contributed by atoms with van der Waals surface area (Å²) in [6.45, 7) is 0.856. The van der Waals surface area contributed by atoms with E-state index in [9.17, 15) is 0 Å². The lowest BCUT2D eigenvalue weighted by Gasteiger charge is -2.05. The minimum atomic E-state index is 0.639. The molecule has 0 aliphatic heterocycles. The van der Waals surface area contributed by atoms with Gasteiger partial charge in [0.05, 0.1) is 0 Å². The van der Waals surface area contributed by atoms with Crippen LogP contribution in [0.25, 0.3) is 0 Å². The molecule has 4 N–H and O–H groups in total. The van der Waals surface area contributed by atoms with E-state index in [2.05, 4.69) is 19.7 Å². The van der Waals surface area contributed by atoms with Crippen molar-refractivity contribution in [2.24, 2.45) is 0 Å². The number of aromatic amines is 1. The van der Waals surface area contributed by atoms with Crippen LogP contribution in [0.5, 0.6) is 0 Å². The Balaban J connectivity index is 1.61. The third-order valence-corrected chi connectivity index (χ3v) is 3.78. The Hall–Kier alpha value is -1.56. The number of imidazole rings is 1. The number of rotatable bonds is 5. The van der Waals surface area contributed by atoms with Crippen molar-refractivity contribution >= 4 is 22.4 Å². The zero-order chi connectivity index (χ0) is 11.7. The number of nitrogen functional groups attached to an aromatic ring is 1. The first-order valence-electron chi connectivity index (χ1n) is 5.82. The molecule has 17 heavy (non-hydrogen) atoms. The number of hydrogen-bond acceptors (Lipinski definition) is 5. The van der Waals surface area contributed by atoms with E-state index in [4.69, 9.17) is 5.73 Å². The molecule has 2 aromatic rings. The highest BCUT2D eigenvalue weighted by atomic mass is 32.1. The molecular formula is C11H15N5S. The van der Waals surface area contributed by atoms with E-state index in [0.717, 1.165) is 23.8 Å². The van der Waals surface area contributed by atoms with Gasteiger partial charge in [-0.1, -0.05) is 0 Å². The van der Waals surface area contributed by atoms with Crippen LogP contribution < -0.4 is 11.1 Å². The lowest BCUT2D eigenvalue weighted by Crippen LogP contribution is -2.06. The number of hydrogen-bond donors (Lipinski definition) is 3. The Bertz CT molecular complexity index is 486. The predicted octanol–water partition coefficient (Wildman–Crippen LogP) is 1.98. The Kier molecular flexibility index (Phi) is 2.72. The highest BCUT2D eigenvalue weighted by Gasteiger charge is 2.30. The summed E-state index contributed by atoms with van der Waals surface area (Å²) in [7, 11) is 0. The summed E-state index contributed by atoms with van der Waals surface area (Å²) in [4.78, 5) is 7.28. The quantitative estimate of drug-likeness (QED) is 0.757. The number of nitrogens with zero attached hydrogens (tertiary/aromatic N) is 2. The van der Waals surface area contributed by atoms with E-state index < -0.39 is 0 Å². The van der Waals surface area contributed by atoms with Crippen LogP contribution >= 0.6 is 11.5 Å². The van der Waals surface area contributed by atoms with Crippen molar-refractivity contribution in [3.63, 3.8) is 0 Å². The van der Waals surface area contributed by atoms with E-state index >= 15 is 0 Å². The predicted molar refractivity (Wildman–Crippen MR) is 69.3 cm³/mol. The molecule has 0 spiro atoms. The number of anilines is 2. The van der Waals surface area contributed by atoms with Gasteiger partial charge in [-0.05, 0) is 30.3 Å². The normalized spacial score (nSPS) is 15.1. The van der Waals surface area contributed by atoms with Crippen molar-refractivity contribution in [1.82, 2.24) is 14.3 Å². The van der Waals surface area contributed by atoms with Crippen LogP contribution in [-0.2, 0) is 6.42 Å². The molecule has 1 fully saturated rings. The maximum Gasteiger partial charge on any atom is 0.142 e. The van der Waals surface area contributed by atoms with Gasteiger partial charge in [-0.2, -0.15) is 4.37 Å². The summed E-state index contributed by atoms with van der Waals surface area (Å²) in [6, 6.07) is 0. The maximum atomic E-state index is 5.89. The van der Waals surface area contributed by atoms with Gasteiger partial charge in [0, 0.05) is 30.9 Å². The molecule has 0 amide bonds. The van der Waals surface area contributed by atoms with Crippen molar-refractivity contribution in [3.05, 3.63) is 23.8 Å². The van der Waals surface area contributed by atoms with Crippen LogP contribution in [-0.4, -0.2) is 20.9 Å². The number of nitrogens with two attached hydrogens (primary N) is 1. The molecule has 0 radical (unpaired) electrons. The van der Waals surface area contributed by atoms with Crippen LogP contribution in [0.4, 0.5) is 10.8 Å². The molecule has 0 bridgehead atoms. The zero-order valence-electron chi connectivity index (χ0n) is 9.44. The second kappa shape index (κ2) is 4.37. The summed E-state index contributed by atoms with van der Waals surface area (Å²) in [5, 5.41) is 4.55. The van der Waals surface area contributed by atoms with Crippen molar-refractivity contribution in [2.45, 2.75) is 25.2 Å². The topological polar surface area (TPSA) is 79.6 Å². The molecule has 2 aromatic heterocycles. The van der Waals surface area contributed by atoms with Crippen LogP contribution in [0.2, 0.25) is 0 Å². The zero-order valence-corrected chi connectivity index (χ0v) is 10.3. The molecule has 0 unspecified atom stereocenters. The SMILES string of the molecule is Nc1nsc(NCCc2ncc[nH]2)c1C1CC1. The summed E-state index contributed by atoms with van der Waals surface area (Å²) >= 11 is 1.46. The van der Waals surface area contributed by atoms with Gasteiger partial charge < -0.3 is 16.0 Å². The second-order valence-corrected chi connectivity index (χ2v) is 5.07. The van der Waals surface area contributed by atoms with Gasteiger partial charge in [0.15, 0.2) is 0 Å². The molecule has 0 aromatic carbocycles. The largest absolute Gasteiger partial charge is 0.383 e. The number of H-pyrrole nitrogens is 1. The minimum absolute atomic E-state index is 0.639. The molecule has 6 heteroatoms. The van der Waals surface area contributed by atoms with Crippen LogP contribution in [0.1, 0.15) is 30.1 Å². The van der Waals surface area contributed by atoms with Gasteiger partial charge in [0.25, 0.3) is 0 Å². The highest BCUT2D eigenvalue weighted by molar-refractivity contribution is 7.10. The first-order chi connectivity index (χ1) is 8.34. The molecule has 1 aliphatic rings. The smallest absolute Gasteiger partial charge is 0.142 e. The van der Waals surface area contributed by atoms with Crippen molar-refractivity contribution in [2.75, 3.05) is 17.6 Å².